The normalized spacial score (nSPS) is 18.8. The Morgan fingerprint density at radius 3 is 1.59 bits per heavy atom. The molecule has 6 rings (SSSR count). The van der Waals surface area contributed by atoms with Crippen molar-refractivity contribution in [1.29, 1.82) is 10.8 Å². The van der Waals surface area contributed by atoms with E-state index < -0.39 is 0 Å². The summed E-state index contributed by atoms with van der Waals surface area (Å²) in [4.78, 5) is 8.93. The van der Waals surface area contributed by atoms with Crippen LogP contribution in [0.5, 0.6) is 0 Å². The van der Waals surface area contributed by atoms with Gasteiger partial charge in [0.2, 0.25) is 11.4 Å². The van der Waals surface area contributed by atoms with Crippen LogP contribution in [0, 0.1) is 10.8 Å². The standard InChI is InChI=1S/C24H28N6O4/c1-23(2)7-13-15(9-31-23)33-21-17(13)19(25)29(11-27-21)5-6-30-12-28-22-18(20(30)26)14-8-24(3,4)32-10-16(14)34-22/h11-12,25-26H,5-10H2,1-4H3. The van der Waals surface area contributed by atoms with Gasteiger partial charge in [-0.15, -0.1) is 0 Å². The molecule has 0 aromatic carbocycles. The molecular weight excluding hydrogens is 436 g/mol. The maximum atomic E-state index is 8.84. The summed E-state index contributed by atoms with van der Waals surface area (Å²) in [7, 11) is 0. The second-order valence-corrected chi connectivity index (χ2v) is 10.4. The molecule has 178 valence electrons. The highest BCUT2D eigenvalue weighted by atomic mass is 16.5. The Balaban J connectivity index is 1.35. The molecule has 34 heavy (non-hydrogen) atoms. The molecule has 4 aromatic heterocycles. The first-order chi connectivity index (χ1) is 16.1. The molecule has 10 nitrogen and oxygen atoms in total. The van der Waals surface area contributed by atoms with Crippen LogP contribution in [-0.4, -0.2) is 30.3 Å². The van der Waals surface area contributed by atoms with Crippen molar-refractivity contribution in [2.24, 2.45) is 0 Å². The second kappa shape index (κ2) is 7.13. The van der Waals surface area contributed by atoms with Crippen molar-refractivity contribution in [3.05, 3.63) is 46.3 Å². The number of nitrogens with one attached hydrogen (secondary N) is 2. The molecule has 0 bridgehead atoms. The number of aryl methyl sites for hydroxylation is 2. The Bertz CT molecular complexity index is 1450. The number of hydrogen-bond acceptors (Lipinski definition) is 8. The van der Waals surface area contributed by atoms with Crippen LogP contribution in [0.1, 0.15) is 50.3 Å². The average molecular weight is 465 g/mol. The molecule has 2 aliphatic heterocycles. The van der Waals surface area contributed by atoms with E-state index in [1.165, 1.54) is 0 Å². The molecule has 10 heteroatoms. The van der Waals surface area contributed by atoms with Gasteiger partial charge in [-0.05, 0) is 27.7 Å². The summed E-state index contributed by atoms with van der Waals surface area (Å²) >= 11 is 0. The number of furan rings is 2. The van der Waals surface area contributed by atoms with E-state index in [-0.39, 0.29) is 11.2 Å². The summed E-state index contributed by atoms with van der Waals surface area (Å²) in [5.74, 6) is 1.50. The van der Waals surface area contributed by atoms with Gasteiger partial charge in [0, 0.05) is 37.1 Å². The molecule has 2 N–H and O–H groups in total. The van der Waals surface area contributed by atoms with Gasteiger partial charge >= 0.3 is 0 Å². The van der Waals surface area contributed by atoms with Crippen molar-refractivity contribution in [3.8, 4) is 0 Å². The topological polar surface area (TPSA) is 128 Å². The maximum Gasteiger partial charge on any atom is 0.231 e. The van der Waals surface area contributed by atoms with Gasteiger partial charge < -0.3 is 27.4 Å². The fraction of sp³-hybridized carbons (Fsp3) is 0.500. The molecule has 2 aliphatic rings. The molecule has 0 amide bonds. The molecule has 0 unspecified atom stereocenters. The lowest BCUT2D eigenvalue weighted by Gasteiger charge is -2.29. The van der Waals surface area contributed by atoms with Crippen molar-refractivity contribution in [1.82, 2.24) is 19.1 Å². The molecule has 0 atom stereocenters. The summed E-state index contributed by atoms with van der Waals surface area (Å²) in [6.07, 6.45) is 4.60. The first kappa shape index (κ1) is 21.3. The van der Waals surface area contributed by atoms with Gasteiger partial charge in [-0.3, -0.25) is 10.8 Å². The molecule has 0 aliphatic carbocycles. The smallest absolute Gasteiger partial charge is 0.231 e. The number of rotatable bonds is 3. The van der Waals surface area contributed by atoms with Crippen LogP contribution in [0.4, 0.5) is 0 Å². The van der Waals surface area contributed by atoms with Crippen LogP contribution in [-0.2, 0) is 48.6 Å². The number of ether oxygens (including phenoxy) is 2. The molecule has 0 saturated heterocycles. The summed E-state index contributed by atoms with van der Waals surface area (Å²) < 4.78 is 27.0. The highest BCUT2D eigenvalue weighted by Gasteiger charge is 2.32. The van der Waals surface area contributed by atoms with Crippen LogP contribution < -0.4 is 11.0 Å². The van der Waals surface area contributed by atoms with Crippen molar-refractivity contribution in [3.63, 3.8) is 0 Å². The zero-order chi connectivity index (χ0) is 23.8. The van der Waals surface area contributed by atoms with E-state index in [9.17, 15) is 0 Å². The van der Waals surface area contributed by atoms with E-state index in [2.05, 4.69) is 9.97 Å². The molecule has 6 heterocycles. The van der Waals surface area contributed by atoms with E-state index in [0.717, 1.165) is 33.4 Å². The largest absolute Gasteiger partial charge is 0.440 e. The zero-order valence-corrected chi connectivity index (χ0v) is 19.8. The van der Waals surface area contributed by atoms with Crippen molar-refractivity contribution in [2.75, 3.05) is 0 Å². The van der Waals surface area contributed by atoms with E-state index in [1.54, 1.807) is 21.8 Å². The minimum absolute atomic E-state index is 0.308. The second-order valence-electron chi connectivity index (χ2n) is 10.4. The SMILES string of the molecule is CC1(C)Cc2c(oc3ncn(CCn4cnc5oc6c(c5c4=N)CC(C)(C)OC6)c(=N)c23)CO1. The number of fused-ring (bicyclic) bond motifs is 6. The van der Waals surface area contributed by atoms with Gasteiger partial charge in [-0.1, -0.05) is 0 Å². The average Bonchev–Trinajstić information content (AvgIpc) is 3.31. The molecule has 0 saturated carbocycles. The highest BCUT2D eigenvalue weighted by molar-refractivity contribution is 5.78. The van der Waals surface area contributed by atoms with Crippen LogP contribution >= 0.6 is 0 Å². The van der Waals surface area contributed by atoms with E-state index in [1.807, 2.05) is 27.7 Å². The van der Waals surface area contributed by atoms with Crippen LogP contribution in [0.25, 0.3) is 22.2 Å². The monoisotopic (exact) mass is 464 g/mol. The zero-order valence-electron chi connectivity index (χ0n) is 19.8. The molecular formula is C24H28N6O4. The lowest BCUT2D eigenvalue weighted by Crippen LogP contribution is -2.33. The minimum atomic E-state index is -0.308. The number of nitrogens with zero attached hydrogens (tertiary/aromatic N) is 4. The first-order valence-corrected chi connectivity index (χ1v) is 11.5. The predicted molar refractivity (Wildman–Crippen MR) is 121 cm³/mol. The summed E-state index contributed by atoms with van der Waals surface area (Å²) in [6.45, 7) is 9.89. The van der Waals surface area contributed by atoms with Crippen molar-refractivity contribution < 1.29 is 18.3 Å². The van der Waals surface area contributed by atoms with E-state index in [0.29, 0.717) is 61.5 Å². The first-order valence-electron chi connectivity index (χ1n) is 11.5. The molecule has 0 fully saturated rings. The van der Waals surface area contributed by atoms with Gasteiger partial charge in [0.1, 0.15) is 48.4 Å². The summed E-state index contributed by atoms with van der Waals surface area (Å²) in [5.41, 5.74) is 3.05. The minimum Gasteiger partial charge on any atom is -0.440 e. The Morgan fingerprint density at radius 1 is 0.765 bits per heavy atom. The summed E-state index contributed by atoms with van der Waals surface area (Å²) in [5, 5.41) is 19.2. The predicted octanol–water partition coefficient (Wildman–Crippen LogP) is 2.93. The fourth-order valence-electron chi connectivity index (χ4n) is 4.95. The van der Waals surface area contributed by atoms with Gasteiger partial charge in [-0.25, -0.2) is 9.97 Å². The number of aromatic nitrogens is 4. The Labute approximate surface area is 195 Å². The summed E-state index contributed by atoms with van der Waals surface area (Å²) in [6, 6.07) is 0. The fourth-order valence-corrected chi connectivity index (χ4v) is 4.95. The molecule has 4 aromatic rings. The van der Waals surface area contributed by atoms with Crippen molar-refractivity contribution >= 4 is 22.2 Å². The third kappa shape index (κ3) is 3.32. The van der Waals surface area contributed by atoms with Crippen LogP contribution in [0.3, 0.4) is 0 Å². The number of hydrogen-bond donors (Lipinski definition) is 2. The van der Waals surface area contributed by atoms with Crippen LogP contribution in [0.2, 0.25) is 0 Å². The van der Waals surface area contributed by atoms with Gasteiger partial charge in [0.15, 0.2) is 0 Å². The third-order valence-electron chi connectivity index (χ3n) is 6.80. The molecule has 0 spiro atoms. The van der Waals surface area contributed by atoms with E-state index in [4.69, 9.17) is 29.1 Å². The maximum absolute atomic E-state index is 8.84. The Kier molecular flexibility index (Phi) is 4.47. The van der Waals surface area contributed by atoms with Crippen molar-refractivity contribution in [2.45, 2.75) is 78.0 Å². The van der Waals surface area contributed by atoms with Gasteiger partial charge in [-0.2, -0.15) is 0 Å². The van der Waals surface area contributed by atoms with Gasteiger partial charge in [0.05, 0.1) is 22.0 Å². The van der Waals surface area contributed by atoms with Gasteiger partial charge in [0.25, 0.3) is 0 Å². The third-order valence-corrected chi connectivity index (χ3v) is 6.80. The molecule has 0 radical (unpaired) electrons. The quantitative estimate of drug-likeness (QED) is 0.480. The lowest BCUT2D eigenvalue weighted by atomic mass is 9.94. The Morgan fingerprint density at radius 2 is 1.18 bits per heavy atom. The lowest BCUT2D eigenvalue weighted by molar-refractivity contribution is -0.0478. The van der Waals surface area contributed by atoms with E-state index >= 15 is 0 Å². The Hall–Kier alpha value is -3.24. The van der Waals surface area contributed by atoms with Crippen LogP contribution in [0.15, 0.2) is 21.5 Å². The highest BCUT2D eigenvalue weighted by Crippen LogP contribution is 2.34.